The van der Waals surface area contributed by atoms with E-state index < -0.39 is 0 Å². The predicted molar refractivity (Wildman–Crippen MR) is 63.9 cm³/mol. The van der Waals surface area contributed by atoms with Gasteiger partial charge in [-0.2, -0.15) is 5.26 Å². The minimum absolute atomic E-state index is 0.345. The number of hydrogen-bond acceptors (Lipinski definition) is 5. The minimum atomic E-state index is 0.345. The van der Waals surface area contributed by atoms with E-state index in [0.29, 0.717) is 10.0 Å². The van der Waals surface area contributed by atoms with Crippen molar-refractivity contribution in [3.63, 3.8) is 0 Å². The van der Waals surface area contributed by atoms with Crippen molar-refractivity contribution in [2.24, 2.45) is 11.8 Å². The Balaban J connectivity index is 1.81. The van der Waals surface area contributed by atoms with Crippen LogP contribution in [0.1, 0.15) is 4.88 Å². The Morgan fingerprint density at radius 2 is 2.12 bits per heavy atom. The maximum Gasteiger partial charge on any atom is 0.188 e. The van der Waals surface area contributed by atoms with Crippen molar-refractivity contribution in [2.75, 3.05) is 31.1 Å². The van der Waals surface area contributed by atoms with Gasteiger partial charge in [0.15, 0.2) is 10.3 Å². The van der Waals surface area contributed by atoms with Crippen LogP contribution in [0.3, 0.4) is 0 Å². The van der Waals surface area contributed by atoms with Crippen LogP contribution < -0.4 is 10.2 Å². The Labute approximate surface area is 103 Å². The quantitative estimate of drug-likeness (QED) is 0.822. The molecule has 16 heavy (non-hydrogen) atoms. The fraction of sp³-hybridized carbons (Fsp3) is 0.600. The summed E-state index contributed by atoms with van der Waals surface area (Å²) in [5, 5.41) is 13.5. The maximum absolute atomic E-state index is 8.84. The molecule has 2 aliphatic heterocycles. The number of anilines is 1. The van der Waals surface area contributed by atoms with Crippen molar-refractivity contribution in [2.45, 2.75) is 0 Å². The standard InChI is InChI=1S/C10H11ClN4S/c11-9-8(1-12)16-10(14-9)15-4-6-2-13-3-7(6)5-15/h6-7,13H,2-5H2. The molecule has 0 spiro atoms. The molecule has 1 aromatic rings. The van der Waals surface area contributed by atoms with Gasteiger partial charge in [0.2, 0.25) is 0 Å². The first-order valence-electron chi connectivity index (χ1n) is 5.30. The Bertz CT molecular complexity index is 440. The van der Waals surface area contributed by atoms with Crippen molar-refractivity contribution in [3.05, 3.63) is 10.0 Å². The molecule has 3 heterocycles. The molecule has 0 bridgehead atoms. The van der Waals surface area contributed by atoms with E-state index in [4.69, 9.17) is 16.9 Å². The third-order valence-electron chi connectivity index (χ3n) is 3.34. The first kappa shape index (κ1) is 10.3. The highest BCUT2D eigenvalue weighted by molar-refractivity contribution is 7.16. The highest BCUT2D eigenvalue weighted by Gasteiger charge is 2.37. The van der Waals surface area contributed by atoms with Crippen molar-refractivity contribution in [3.8, 4) is 6.07 Å². The van der Waals surface area contributed by atoms with Crippen molar-refractivity contribution < 1.29 is 0 Å². The van der Waals surface area contributed by atoms with Crippen molar-refractivity contribution in [1.29, 1.82) is 5.26 Å². The summed E-state index contributed by atoms with van der Waals surface area (Å²) in [4.78, 5) is 7.04. The summed E-state index contributed by atoms with van der Waals surface area (Å²) >= 11 is 7.28. The SMILES string of the molecule is N#Cc1sc(N2CC3CNCC3C2)nc1Cl. The van der Waals surface area contributed by atoms with Gasteiger partial charge in [-0.25, -0.2) is 4.98 Å². The first-order valence-corrected chi connectivity index (χ1v) is 6.49. The maximum atomic E-state index is 8.84. The normalized spacial score (nSPS) is 28.1. The fourth-order valence-corrected chi connectivity index (χ4v) is 3.57. The number of nitrogens with zero attached hydrogens (tertiary/aromatic N) is 3. The molecule has 6 heteroatoms. The van der Waals surface area contributed by atoms with E-state index in [9.17, 15) is 0 Å². The molecule has 0 radical (unpaired) electrons. The smallest absolute Gasteiger partial charge is 0.188 e. The topological polar surface area (TPSA) is 52.0 Å². The van der Waals surface area contributed by atoms with Gasteiger partial charge in [0.25, 0.3) is 0 Å². The Kier molecular flexibility index (Phi) is 2.51. The minimum Gasteiger partial charge on any atom is -0.347 e. The number of hydrogen-bond donors (Lipinski definition) is 1. The molecule has 4 nitrogen and oxygen atoms in total. The summed E-state index contributed by atoms with van der Waals surface area (Å²) < 4.78 is 0. The third-order valence-corrected chi connectivity index (χ3v) is 4.74. The number of nitriles is 1. The van der Waals surface area contributed by atoms with E-state index in [2.05, 4.69) is 21.3 Å². The first-order chi connectivity index (χ1) is 7.78. The molecule has 2 saturated heterocycles. The molecule has 0 aliphatic carbocycles. The molecule has 0 saturated carbocycles. The van der Waals surface area contributed by atoms with E-state index in [1.54, 1.807) is 0 Å². The van der Waals surface area contributed by atoms with E-state index in [1.807, 2.05) is 0 Å². The molecule has 1 aromatic heterocycles. The summed E-state index contributed by atoms with van der Waals surface area (Å²) in [5.74, 6) is 1.46. The zero-order valence-corrected chi connectivity index (χ0v) is 10.2. The lowest BCUT2D eigenvalue weighted by Crippen LogP contribution is -2.25. The average molecular weight is 255 g/mol. The molecule has 2 fully saturated rings. The molecule has 0 aromatic carbocycles. The van der Waals surface area contributed by atoms with Gasteiger partial charge >= 0.3 is 0 Å². The van der Waals surface area contributed by atoms with Gasteiger partial charge in [-0.1, -0.05) is 22.9 Å². The van der Waals surface area contributed by atoms with Crippen LogP contribution in [0.15, 0.2) is 0 Å². The zero-order chi connectivity index (χ0) is 11.1. The van der Waals surface area contributed by atoms with Crippen LogP contribution in [0, 0.1) is 23.2 Å². The van der Waals surface area contributed by atoms with Crippen molar-refractivity contribution >= 4 is 28.1 Å². The van der Waals surface area contributed by atoms with E-state index in [0.717, 1.165) is 43.1 Å². The predicted octanol–water partition coefficient (Wildman–Crippen LogP) is 1.32. The molecule has 2 atom stereocenters. The molecule has 2 aliphatic rings. The molecule has 1 N–H and O–H groups in total. The van der Waals surface area contributed by atoms with Crippen LogP contribution in [-0.4, -0.2) is 31.2 Å². The van der Waals surface area contributed by atoms with Gasteiger partial charge < -0.3 is 10.2 Å². The molecule has 0 amide bonds. The molecule has 3 rings (SSSR count). The fourth-order valence-electron chi connectivity index (χ4n) is 2.51. The van der Waals surface area contributed by atoms with Crippen LogP contribution in [0.2, 0.25) is 5.15 Å². The monoisotopic (exact) mass is 254 g/mol. The Morgan fingerprint density at radius 3 is 2.69 bits per heavy atom. The van der Waals surface area contributed by atoms with E-state index >= 15 is 0 Å². The second-order valence-electron chi connectivity index (χ2n) is 4.31. The van der Waals surface area contributed by atoms with Gasteiger partial charge in [0, 0.05) is 26.2 Å². The summed E-state index contributed by atoms with van der Waals surface area (Å²) in [5.41, 5.74) is 0. The summed E-state index contributed by atoms with van der Waals surface area (Å²) in [7, 11) is 0. The van der Waals surface area contributed by atoms with Crippen LogP contribution >= 0.6 is 22.9 Å². The molecule has 84 valence electrons. The lowest BCUT2D eigenvalue weighted by molar-refractivity contribution is 0.533. The highest BCUT2D eigenvalue weighted by atomic mass is 35.5. The van der Waals surface area contributed by atoms with Crippen molar-refractivity contribution in [1.82, 2.24) is 10.3 Å². The number of thiazole rings is 1. The van der Waals surface area contributed by atoms with Crippen LogP contribution in [0.5, 0.6) is 0 Å². The van der Waals surface area contributed by atoms with Crippen LogP contribution in [0.25, 0.3) is 0 Å². The lowest BCUT2D eigenvalue weighted by atomic mass is 10.0. The van der Waals surface area contributed by atoms with E-state index in [1.165, 1.54) is 11.3 Å². The third kappa shape index (κ3) is 1.58. The summed E-state index contributed by atoms with van der Waals surface area (Å²) in [6.45, 7) is 4.27. The Morgan fingerprint density at radius 1 is 1.44 bits per heavy atom. The van der Waals surface area contributed by atoms with Gasteiger partial charge in [0.1, 0.15) is 10.9 Å². The average Bonchev–Trinajstić information content (AvgIpc) is 2.88. The van der Waals surface area contributed by atoms with Gasteiger partial charge in [-0.05, 0) is 11.8 Å². The largest absolute Gasteiger partial charge is 0.347 e. The lowest BCUT2D eigenvalue weighted by Gasteiger charge is -2.15. The number of halogens is 1. The molecule has 2 unspecified atom stereocenters. The molecular weight excluding hydrogens is 244 g/mol. The van der Waals surface area contributed by atoms with Crippen LogP contribution in [-0.2, 0) is 0 Å². The van der Waals surface area contributed by atoms with Gasteiger partial charge in [0.05, 0.1) is 0 Å². The van der Waals surface area contributed by atoms with E-state index in [-0.39, 0.29) is 0 Å². The highest BCUT2D eigenvalue weighted by Crippen LogP contribution is 2.35. The second kappa shape index (κ2) is 3.88. The van der Waals surface area contributed by atoms with Gasteiger partial charge in [-0.3, -0.25) is 0 Å². The zero-order valence-electron chi connectivity index (χ0n) is 8.61. The number of nitrogens with one attached hydrogen (secondary N) is 1. The number of fused-ring (bicyclic) bond motifs is 1. The number of aromatic nitrogens is 1. The summed E-state index contributed by atoms with van der Waals surface area (Å²) in [6.07, 6.45) is 0. The second-order valence-corrected chi connectivity index (χ2v) is 5.65. The summed E-state index contributed by atoms with van der Waals surface area (Å²) in [6, 6.07) is 2.07. The molecular formula is C10H11ClN4S. The number of rotatable bonds is 1. The van der Waals surface area contributed by atoms with Gasteiger partial charge in [-0.15, -0.1) is 0 Å². The van der Waals surface area contributed by atoms with Crippen LogP contribution in [0.4, 0.5) is 5.13 Å². The Hall–Kier alpha value is -0.830.